The van der Waals surface area contributed by atoms with Crippen LogP contribution in [0.25, 0.3) is 11.1 Å². The fraction of sp³-hybridized carbons (Fsp3) is 0.316. The van der Waals surface area contributed by atoms with Gasteiger partial charge in [0.15, 0.2) is 5.82 Å². The average molecular weight is 361 g/mol. The van der Waals surface area contributed by atoms with Crippen LogP contribution >= 0.6 is 0 Å². The van der Waals surface area contributed by atoms with E-state index in [0.717, 1.165) is 39.4 Å². The van der Waals surface area contributed by atoms with Gasteiger partial charge in [-0.15, -0.1) is 0 Å². The van der Waals surface area contributed by atoms with Gasteiger partial charge in [0.2, 0.25) is 5.91 Å². The monoisotopic (exact) mass is 361 g/mol. The molecule has 2 aliphatic heterocycles. The highest BCUT2D eigenvalue weighted by molar-refractivity contribution is 6.15. The highest BCUT2D eigenvalue weighted by atomic mass is 16.1. The Morgan fingerprint density at radius 3 is 2.93 bits per heavy atom. The molecular formula is C19H19N7O. The maximum atomic E-state index is 12.4. The second kappa shape index (κ2) is 5.87. The summed E-state index contributed by atoms with van der Waals surface area (Å²) >= 11 is 0. The summed E-state index contributed by atoms with van der Waals surface area (Å²) in [5.41, 5.74) is 6.66. The second-order valence-corrected chi connectivity index (χ2v) is 6.99. The molecule has 1 amide bonds. The summed E-state index contributed by atoms with van der Waals surface area (Å²) in [6.45, 7) is 3.25. The van der Waals surface area contributed by atoms with E-state index in [2.05, 4.69) is 26.6 Å². The van der Waals surface area contributed by atoms with E-state index in [9.17, 15) is 4.79 Å². The van der Waals surface area contributed by atoms with Crippen molar-refractivity contribution >= 4 is 17.4 Å². The number of amides is 1. The van der Waals surface area contributed by atoms with Gasteiger partial charge in [0.25, 0.3) is 0 Å². The van der Waals surface area contributed by atoms with Crippen molar-refractivity contribution in [2.75, 3.05) is 5.32 Å². The lowest BCUT2D eigenvalue weighted by atomic mass is 10.0. The van der Waals surface area contributed by atoms with Crippen LogP contribution in [0, 0.1) is 6.92 Å². The van der Waals surface area contributed by atoms with Crippen molar-refractivity contribution in [3.8, 4) is 11.1 Å². The number of hydrogen-bond acceptors (Lipinski definition) is 5. The molecule has 8 nitrogen and oxygen atoms in total. The van der Waals surface area contributed by atoms with Crippen molar-refractivity contribution in [1.29, 1.82) is 0 Å². The number of fused-ring (bicyclic) bond motifs is 6. The van der Waals surface area contributed by atoms with Crippen molar-refractivity contribution in [2.45, 2.75) is 32.9 Å². The first kappa shape index (κ1) is 15.9. The zero-order valence-corrected chi connectivity index (χ0v) is 15.2. The van der Waals surface area contributed by atoms with Crippen LogP contribution in [0.4, 0.5) is 5.82 Å². The van der Waals surface area contributed by atoms with Gasteiger partial charge in [-0.05, 0) is 19.4 Å². The van der Waals surface area contributed by atoms with E-state index in [1.54, 1.807) is 4.68 Å². The number of carbonyl (C=O) groups is 1. The Labute approximate surface area is 155 Å². The zero-order valence-electron chi connectivity index (χ0n) is 15.2. The lowest BCUT2D eigenvalue weighted by Crippen LogP contribution is -2.14. The predicted molar refractivity (Wildman–Crippen MR) is 101 cm³/mol. The minimum absolute atomic E-state index is 0.0486. The molecule has 8 heteroatoms. The molecule has 5 heterocycles. The molecule has 5 rings (SSSR count). The molecule has 3 aromatic heterocycles. The summed E-state index contributed by atoms with van der Waals surface area (Å²) in [4.78, 5) is 21.7. The molecule has 0 aliphatic carbocycles. The van der Waals surface area contributed by atoms with Gasteiger partial charge >= 0.3 is 0 Å². The van der Waals surface area contributed by atoms with E-state index in [4.69, 9.17) is 4.99 Å². The van der Waals surface area contributed by atoms with Gasteiger partial charge in [-0.2, -0.15) is 10.2 Å². The van der Waals surface area contributed by atoms with Crippen LogP contribution in [0.1, 0.15) is 35.4 Å². The summed E-state index contributed by atoms with van der Waals surface area (Å²) in [7, 11) is 1.85. The maximum Gasteiger partial charge on any atom is 0.225 e. The van der Waals surface area contributed by atoms with E-state index < -0.39 is 0 Å². The van der Waals surface area contributed by atoms with E-state index in [1.807, 2.05) is 37.2 Å². The predicted octanol–water partition coefficient (Wildman–Crippen LogP) is 2.07. The SMILES string of the molecule is Cc1nn2cc1C1=NCc3ncc(cc31)-c1cn(C)nc1NC(=O)CCC2. The quantitative estimate of drug-likeness (QED) is 0.664. The van der Waals surface area contributed by atoms with Gasteiger partial charge in [-0.3, -0.25) is 24.1 Å². The number of aliphatic imine (C=N–C) groups is 1. The lowest BCUT2D eigenvalue weighted by molar-refractivity contribution is -0.116. The molecule has 2 aliphatic rings. The molecule has 0 radical (unpaired) electrons. The second-order valence-electron chi connectivity index (χ2n) is 6.99. The van der Waals surface area contributed by atoms with Crippen LogP contribution in [0.2, 0.25) is 0 Å². The van der Waals surface area contributed by atoms with Crippen LogP contribution in [0.5, 0.6) is 0 Å². The first-order valence-electron chi connectivity index (χ1n) is 9.00. The molecule has 3 aromatic rings. The first-order valence-corrected chi connectivity index (χ1v) is 9.00. The molecule has 27 heavy (non-hydrogen) atoms. The van der Waals surface area contributed by atoms with Crippen molar-refractivity contribution in [1.82, 2.24) is 24.5 Å². The topological polar surface area (TPSA) is 90.0 Å². The fourth-order valence-corrected chi connectivity index (χ4v) is 3.69. The Hall–Kier alpha value is -3.29. The minimum atomic E-state index is -0.0486. The Morgan fingerprint density at radius 1 is 1.15 bits per heavy atom. The number of pyridine rings is 1. The molecule has 136 valence electrons. The number of anilines is 1. The molecule has 0 fully saturated rings. The first-order chi connectivity index (χ1) is 13.1. The third-order valence-corrected chi connectivity index (χ3v) is 5.00. The van der Waals surface area contributed by atoms with E-state index in [0.29, 0.717) is 31.7 Å². The highest BCUT2D eigenvalue weighted by Gasteiger charge is 2.24. The molecule has 0 saturated heterocycles. The van der Waals surface area contributed by atoms with E-state index in [1.165, 1.54) is 0 Å². The number of aryl methyl sites for hydroxylation is 3. The summed E-state index contributed by atoms with van der Waals surface area (Å²) in [6.07, 6.45) is 6.87. The van der Waals surface area contributed by atoms with Crippen molar-refractivity contribution in [3.63, 3.8) is 0 Å². The van der Waals surface area contributed by atoms with Crippen molar-refractivity contribution in [2.24, 2.45) is 12.0 Å². The Bertz CT molecular complexity index is 1110. The maximum absolute atomic E-state index is 12.4. The molecule has 4 bridgehead atoms. The van der Waals surface area contributed by atoms with Gasteiger partial charge in [-0.1, -0.05) is 0 Å². The summed E-state index contributed by atoms with van der Waals surface area (Å²) < 4.78 is 3.60. The van der Waals surface area contributed by atoms with Gasteiger partial charge in [0, 0.05) is 60.9 Å². The lowest BCUT2D eigenvalue weighted by Gasteiger charge is -2.08. The van der Waals surface area contributed by atoms with Gasteiger partial charge in [0.1, 0.15) is 0 Å². The molecule has 0 spiro atoms. The van der Waals surface area contributed by atoms with Gasteiger partial charge in [-0.25, -0.2) is 0 Å². The summed E-state index contributed by atoms with van der Waals surface area (Å²) in [6, 6.07) is 2.09. The van der Waals surface area contributed by atoms with Crippen molar-refractivity contribution in [3.05, 3.63) is 47.2 Å². The largest absolute Gasteiger partial charge is 0.309 e. The third-order valence-electron chi connectivity index (χ3n) is 5.00. The van der Waals surface area contributed by atoms with Gasteiger partial charge in [0.05, 0.1) is 23.6 Å². The molecule has 0 atom stereocenters. The Balaban J connectivity index is 1.70. The number of carbonyl (C=O) groups excluding carboxylic acids is 1. The standard InChI is InChI=1S/C19H19N7O/c1-11-14-10-26(23-11)5-3-4-17(27)22-19-15(9-25(2)24-19)12-6-13-16(20-7-12)8-21-18(13)14/h6-7,9-10H,3-5,8H2,1-2H3,(H,22,24,27). The molecule has 0 aromatic carbocycles. The highest BCUT2D eigenvalue weighted by Crippen LogP contribution is 2.31. The molecular weight excluding hydrogens is 342 g/mol. The average Bonchev–Trinajstić information content (AvgIpc) is 3.30. The Kier molecular flexibility index (Phi) is 3.46. The van der Waals surface area contributed by atoms with Crippen LogP contribution in [0.3, 0.4) is 0 Å². The number of aromatic nitrogens is 5. The number of nitrogens with one attached hydrogen (secondary N) is 1. The minimum Gasteiger partial charge on any atom is -0.309 e. The van der Waals surface area contributed by atoms with Crippen LogP contribution in [-0.4, -0.2) is 36.2 Å². The van der Waals surface area contributed by atoms with Crippen LogP contribution < -0.4 is 5.32 Å². The van der Waals surface area contributed by atoms with Crippen molar-refractivity contribution < 1.29 is 4.79 Å². The van der Waals surface area contributed by atoms with Crippen LogP contribution in [0.15, 0.2) is 29.6 Å². The number of nitrogens with zero attached hydrogens (tertiary/aromatic N) is 6. The third kappa shape index (κ3) is 2.64. The number of hydrogen-bond donors (Lipinski definition) is 1. The Morgan fingerprint density at radius 2 is 2.04 bits per heavy atom. The van der Waals surface area contributed by atoms with Crippen LogP contribution in [-0.2, 0) is 24.9 Å². The van der Waals surface area contributed by atoms with Gasteiger partial charge < -0.3 is 5.32 Å². The fourth-order valence-electron chi connectivity index (χ4n) is 3.69. The normalized spacial score (nSPS) is 15.8. The smallest absolute Gasteiger partial charge is 0.225 e. The summed E-state index contributed by atoms with van der Waals surface area (Å²) in [5, 5.41) is 12.0. The molecule has 0 saturated carbocycles. The number of rotatable bonds is 0. The molecule has 0 unspecified atom stereocenters. The van der Waals surface area contributed by atoms with E-state index >= 15 is 0 Å². The summed E-state index contributed by atoms with van der Waals surface area (Å²) in [5.74, 6) is 0.514. The molecule has 1 N–H and O–H groups in total. The van der Waals surface area contributed by atoms with E-state index in [-0.39, 0.29) is 5.91 Å². The zero-order chi connectivity index (χ0) is 18.5.